The molecule has 0 unspecified atom stereocenters. The van der Waals surface area contributed by atoms with Gasteiger partial charge in [0, 0.05) is 51.0 Å². The molecule has 0 bridgehead atoms. The average molecular weight is 567 g/mol. The molecule has 13 heteroatoms. The van der Waals surface area contributed by atoms with Gasteiger partial charge in [-0.15, -0.1) is 0 Å². The summed E-state index contributed by atoms with van der Waals surface area (Å²) in [6, 6.07) is 7.38. The number of anilines is 3. The maximum Gasteiger partial charge on any atom is 0.243 e. The highest BCUT2D eigenvalue weighted by Crippen LogP contribution is 2.34. The normalized spacial score (nSPS) is 19.4. The Morgan fingerprint density at radius 3 is 2.62 bits per heavy atom. The molecule has 1 aromatic carbocycles. The third kappa shape index (κ3) is 5.44. The molecular weight excluding hydrogens is 532 g/mol. The van der Waals surface area contributed by atoms with E-state index in [1.165, 1.54) is 20.0 Å². The Labute approximate surface area is 233 Å². The van der Waals surface area contributed by atoms with Crippen molar-refractivity contribution in [2.45, 2.75) is 36.6 Å². The lowest BCUT2D eigenvalue weighted by Crippen LogP contribution is -2.50. The van der Waals surface area contributed by atoms with Crippen LogP contribution in [0.2, 0.25) is 0 Å². The van der Waals surface area contributed by atoms with Gasteiger partial charge in [-0.1, -0.05) is 0 Å². The lowest BCUT2D eigenvalue weighted by atomic mass is 10.0. The van der Waals surface area contributed by atoms with Crippen molar-refractivity contribution in [3.63, 3.8) is 0 Å². The molecule has 0 atom stereocenters. The summed E-state index contributed by atoms with van der Waals surface area (Å²) < 4.78 is 39.6. The molecule has 4 heterocycles. The molecule has 1 aliphatic carbocycles. The average Bonchev–Trinajstić information content (AvgIpc) is 3.73. The zero-order chi connectivity index (χ0) is 27.7. The molecule has 12 nitrogen and oxygen atoms in total. The lowest BCUT2D eigenvalue weighted by molar-refractivity contribution is 0.00610. The first-order chi connectivity index (χ1) is 19.5. The van der Waals surface area contributed by atoms with E-state index in [9.17, 15) is 13.7 Å². The number of morpholine rings is 1. The Balaban J connectivity index is 1.20. The number of piperidine rings is 1. The molecule has 3 aliphatic rings. The SMILES string of the molecule is COc1cc(S(=O)(=O)N2CCC(N3CCOCC3)CC2)ccc1Nc1nc(NCC2CC2)c2c(C#N)c[nH]c2n1. The molecule has 0 spiro atoms. The summed E-state index contributed by atoms with van der Waals surface area (Å²) in [5.74, 6) is 1.86. The number of aromatic amines is 1. The number of methoxy groups -OCH3 is 1. The van der Waals surface area contributed by atoms with Crippen molar-refractivity contribution in [1.29, 1.82) is 5.26 Å². The molecule has 1 saturated carbocycles. The Morgan fingerprint density at radius 2 is 1.93 bits per heavy atom. The fourth-order valence-corrected chi connectivity index (χ4v) is 6.95. The number of hydrogen-bond donors (Lipinski definition) is 3. The second-order valence-electron chi connectivity index (χ2n) is 10.5. The second kappa shape index (κ2) is 11.2. The van der Waals surface area contributed by atoms with Crippen LogP contribution in [0, 0.1) is 17.2 Å². The third-order valence-electron chi connectivity index (χ3n) is 7.95. The number of nitrogens with one attached hydrogen (secondary N) is 3. The van der Waals surface area contributed by atoms with Crippen LogP contribution < -0.4 is 15.4 Å². The fourth-order valence-electron chi connectivity index (χ4n) is 5.46. The van der Waals surface area contributed by atoms with Crippen molar-refractivity contribution in [2.75, 3.05) is 63.7 Å². The summed E-state index contributed by atoms with van der Waals surface area (Å²) >= 11 is 0. The van der Waals surface area contributed by atoms with Crippen LogP contribution in [-0.4, -0.2) is 91.7 Å². The molecule has 6 rings (SSSR count). The van der Waals surface area contributed by atoms with Crippen LogP contribution in [0.5, 0.6) is 5.75 Å². The van der Waals surface area contributed by atoms with E-state index < -0.39 is 10.0 Å². The van der Waals surface area contributed by atoms with Crippen LogP contribution in [0.25, 0.3) is 11.0 Å². The third-order valence-corrected chi connectivity index (χ3v) is 9.84. The van der Waals surface area contributed by atoms with Crippen LogP contribution in [0.1, 0.15) is 31.2 Å². The number of nitrogens with zero attached hydrogens (tertiary/aromatic N) is 5. The monoisotopic (exact) mass is 566 g/mol. The number of aromatic nitrogens is 3. The van der Waals surface area contributed by atoms with Crippen molar-refractivity contribution in [2.24, 2.45) is 5.92 Å². The van der Waals surface area contributed by atoms with Crippen LogP contribution in [0.3, 0.4) is 0 Å². The number of rotatable bonds is 9. The first-order valence-electron chi connectivity index (χ1n) is 13.8. The molecule has 2 aliphatic heterocycles. The van der Waals surface area contributed by atoms with Crippen molar-refractivity contribution < 1.29 is 17.9 Å². The molecule has 3 aromatic rings. The highest BCUT2D eigenvalue weighted by atomic mass is 32.2. The number of sulfonamides is 1. The standard InChI is InChI=1S/C27H34N8O4S/c1-38-23-14-21(40(36,37)35-8-6-20(7-9-35)34-10-12-39-13-11-34)4-5-22(23)31-27-32-25(29-16-18-2-3-18)24-19(15-28)17-30-26(24)33-27/h4-5,14,17-18,20H,2-3,6-13,16H2,1H3,(H3,29,30,31,32,33). The van der Waals surface area contributed by atoms with E-state index in [1.54, 1.807) is 28.7 Å². The highest BCUT2D eigenvalue weighted by molar-refractivity contribution is 7.89. The number of nitriles is 1. The number of fused-ring (bicyclic) bond motifs is 1. The zero-order valence-corrected chi connectivity index (χ0v) is 23.3. The van der Waals surface area contributed by atoms with E-state index in [4.69, 9.17) is 9.47 Å². The predicted octanol–water partition coefficient (Wildman–Crippen LogP) is 2.89. The lowest BCUT2D eigenvalue weighted by Gasteiger charge is -2.39. The molecule has 2 saturated heterocycles. The van der Waals surface area contributed by atoms with Gasteiger partial charge >= 0.3 is 0 Å². The minimum Gasteiger partial charge on any atom is -0.495 e. The highest BCUT2D eigenvalue weighted by Gasteiger charge is 2.32. The quantitative estimate of drug-likeness (QED) is 0.353. The molecule has 3 fully saturated rings. The van der Waals surface area contributed by atoms with E-state index in [2.05, 4.69) is 36.6 Å². The van der Waals surface area contributed by atoms with Crippen molar-refractivity contribution in [3.05, 3.63) is 30.0 Å². The molecule has 0 radical (unpaired) electrons. The van der Waals surface area contributed by atoms with Gasteiger partial charge in [0.1, 0.15) is 23.3 Å². The number of hydrogen-bond acceptors (Lipinski definition) is 10. The van der Waals surface area contributed by atoms with Gasteiger partial charge in [0.15, 0.2) is 0 Å². The van der Waals surface area contributed by atoms with Crippen LogP contribution in [0.15, 0.2) is 29.3 Å². The minimum atomic E-state index is -3.68. The van der Waals surface area contributed by atoms with Crippen molar-refractivity contribution in [3.8, 4) is 11.8 Å². The van der Waals surface area contributed by atoms with Gasteiger partial charge in [-0.2, -0.15) is 19.5 Å². The van der Waals surface area contributed by atoms with Gasteiger partial charge in [-0.05, 0) is 43.7 Å². The van der Waals surface area contributed by atoms with Gasteiger partial charge in [-0.3, -0.25) is 4.90 Å². The maximum atomic E-state index is 13.5. The van der Waals surface area contributed by atoms with E-state index in [-0.39, 0.29) is 4.90 Å². The maximum absolute atomic E-state index is 13.5. The van der Waals surface area contributed by atoms with E-state index in [0.29, 0.717) is 64.8 Å². The second-order valence-corrected chi connectivity index (χ2v) is 12.5. The minimum absolute atomic E-state index is 0.186. The van der Waals surface area contributed by atoms with Gasteiger partial charge < -0.3 is 25.1 Å². The van der Waals surface area contributed by atoms with Crippen molar-refractivity contribution >= 4 is 38.5 Å². The van der Waals surface area contributed by atoms with Gasteiger partial charge in [0.25, 0.3) is 0 Å². The topological polar surface area (TPSA) is 148 Å². The van der Waals surface area contributed by atoms with Gasteiger partial charge in [0.05, 0.1) is 41.9 Å². The molecule has 40 heavy (non-hydrogen) atoms. The number of benzene rings is 1. The first-order valence-corrected chi connectivity index (χ1v) is 15.2. The Hall–Kier alpha value is -3.44. The van der Waals surface area contributed by atoms with Crippen LogP contribution in [-0.2, 0) is 14.8 Å². The number of ether oxygens (including phenoxy) is 2. The summed E-state index contributed by atoms with van der Waals surface area (Å²) in [6.07, 6.45) is 5.60. The van der Waals surface area contributed by atoms with E-state index >= 15 is 0 Å². The summed E-state index contributed by atoms with van der Waals surface area (Å²) in [5.41, 5.74) is 1.54. The summed E-state index contributed by atoms with van der Waals surface area (Å²) in [6.45, 7) is 5.03. The summed E-state index contributed by atoms with van der Waals surface area (Å²) in [4.78, 5) is 14.8. The molecule has 212 valence electrons. The molecular formula is C27H34N8O4S. The summed E-state index contributed by atoms with van der Waals surface area (Å²) in [5, 5.41) is 16.7. The van der Waals surface area contributed by atoms with Crippen LogP contribution in [0.4, 0.5) is 17.5 Å². The Bertz CT molecular complexity index is 1520. The molecule has 3 N–H and O–H groups in total. The smallest absolute Gasteiger partial charge is 0.243 e. The van der Waals surface area contributed by atoms with E-state index in [1.807, 2.05) is 0 Å². The largest absolute Gasteiger partial charge is 0.495 e. The Kier molecular flexibility index (Phi) is 7.50. The Morgan fingerprint density at radius 1 is 1.15 bits per heavy atom. The molecule has 0 amide bonds. The fraction of sp³-hybridized carbons (Fsp3) is 0.519. The zero-order valence-electron chi connectivity index (χ0n) is 22.5. The van der Waals surface area contributed by atoms with Crippen molar-refractivity contribution in [1.82, 2.24) is 24.2 Å². The summed E-state index contributed by atoms with van der Waals surface area (Å²) in [7, 11) is -2.18. The van der Waals surface area contributed by atoms with Crippen LogP contribution >= 0.6 is 0 Å². The first kappa shape index (κ1) is 26.8. The van der Waals surface area contributed by atoms with E-state index in [0.717, 1.165) is 45.7 Å². The van der Waals surface area contributed by atoms with Gasteiger partial charge in [0.2, 0.25) is 16.0 Å². The predicted molar refractivity (Wildman–Crippen MR) is 150 cm³/mol. The molecule has 2 aromatic heterocycles. The van der Waals surface area contributed by atoms with Gasteiger partial charge in [-0.25, -0.2) is 8.42 Å². The number of H-pyrrole nitrogens is 1.